The second kappa shape index (κ2) is 6.47. The van der Waals surface area contributed by atoms with Crippen LogP contribution >= 0.6 is 0 Å². The molecule has 2 heterocycles. The Morgan fingerprint density at radius 1 is 1.36 bits per heavy atom. The maximum absolute atomic E-state index is 13.2. The molecule has 5 nitrogen and oxygen atoms in total. The number of esters is 1. The maximum Gasteiger partial charge on any atom is 0.336 e. The molecule has 1 N–H and O–H groups in total. The minimum absolute atomic E-state index is 0.0948. The molecule has 0 saturated carbocycles. The van der Waals surface area contributed by atoms with Crippen molar-refractivity contribution in [1.82, 2.24) is 10.3 Å². The number of Topliss-reactive ketones (excluding diaryl/α,β-unsaturated/α-hetero) is 1. The number of allylic oxidation sites excluding steroid dienone is 3. The van der Waals surface area contributed by atoms with Crippen LogP contribution in [-0.2, 0) is 14.3 Å². The Labute approximate surface area is 148 Å². The van der Waals surface area contributed by atoms with Gasteiger partial charge in [0, 0.05) is 40.7 Å². The van der Waals surface area contributed by atoms with E-state index in [1.165, 1.54) is 0 Å². The van der Waals surface area contributed by atoms with Crippen LogP contribution in [0.3, 0.4) is 0 Å². The number of carbonyl (C=O) groups is 2. The van der Waals surface area contributed by atoms with E-state index >= 15 is 0 Å². The van der Waals surface area contributed by atoms with Gasteiger partial charge in [-0.25, -0.2) is 4.79 Å². The zero-order chi connectivity index (χ0) is 18.2. The Kier molecular flexibility index (Phi) is 4.50. The van der Waals surface area contributed by atoms with Crippen molar-refractivity contribution >= 4 is 11.8 Å². The number of aromatic nitrogens is 1. The van der Waals surface area contributed by atoms with Gasteiger partial charge in [0.15, 0.2) is 5.78 Å². The number of ketones is 1. The van der Waals surface area contributed by atoms with Crippen LogP contribution in [-0.4, -0.2) is 23.3 Å². The second-order valence-electron chi connectivity index (χ2n) is 7.20. The van der Waals surface area contributed by atoms with Gasteiger partial charge in [0.25, 0.3) is 0 Å². The number of ether oxygens (including phenoxy) is 1. The predicted octanol–water partition coefficient (Wildman–Crippen LogP) is 3.25. The van der Waals surface area contributed by atoms with Gasteiger partial charge in [0.05, 0.1) is 12.2 Å². The van der Waals surface area contributed by atoms with Crippen molar-refractivity contribution < 1.29 is 14.3 Å². The lowest BCUT2D eigenvalue weighted by atomic mass is 9.67. The molecule has 132 valence electrons. The average Bonchev–Trinajstić information content (AvgIpc) is 2.58. The lowest BCUT2D eigenvalue weighted by Crippen LogP contribution is -2.40. The van der Waals surface area contributed by atoms with Crippen molar-refractivity contribution in [3.05, 3.63) is 52.6 Å². The van der Waals surface area contributed by atoms with Crippen molar-refractivity contribution in [2.45, 2.75) is 46.5 Å². The highest BCUT2D eigenvalue weighted by Gasteiger charge is 2.44. The zero-order valence-electron chi connectivity index (χ0n) is 15.2. The molecule has 5 heteroatoms. The number of nitrogens with zero attached hydrogens (tertiary/aromatic N) is 1. The molecule has 0 spiro atoms. The van der Waals surface area contributed by atoms with Gasteiger partial charge in [-0.2, -0.15) is 0 Å². The lowest BCUT2D eigenvalue weighted by Gasteiger charge is -2.39. The van der Waals surface area contributed by atoms with Crippen molar-refractivity contribution in [3.63, 3.8) is 0 Å². The van der Waals surface area contributed by atoms with E-state index in [-0.39, 0.29) is 11.8 Å². The molecule has 0 fully saturated rings. The lowest BCUT2D eigenvalue weighted by molar-refractivity contribution is -0.138. The Morgan fingerprint density at radius 3 is 2.68 bits per heavy atom. The van der Waals surface area contributed by atoms with E-state index < -0.39 is 11.3 Å². The molecule has 1 atom stereocenters. The number of carbonyl (C=O) groups excluding carboxylic acids is 2. The van der Waals surface area contributed by atoms with Gasteiger partial charge in [-0.05, 0) is 44.4 Å². The number of hydrogen-bond acceptors (Lipinski definition) is 5. The van der Waals surface area contributed by atoms with Crippen LogP contribution in [0.1, 0.15) is 52.0 Å². The van der Waals surface area contributed by atoms with Crippen molar-refractivity contribution in [3.8, 4) is 0 Å². The number of nitrogens with one attached hydrogen (secondary N) is 1. The highest BCUT2D eigenvalue weighted by Crippen LogP contribution is 2.46. The molecule has 0 amide bonds. The Bertz CT molecular complexity index is 775. The molecule has 0 radical (unpaired) electrons. The van der Waals surface area contributed by atoms with Crippen LogP contribution in [0.5, 0.6) is 0 Å². The molecule has 1 aromatic heterocycles. The standard InChI is InChI=1S/C20H24N2O3/c1-5-25-19(24)15-12(2)22-14-6-9-20(3,4)18(23)17(14)16(15)13-7-10-21-11-8-13/h7-8,10-11,16,22H,5-6,9H2,1-4H3. The smallest absolute Gasteiger partial charge is 0.336 e. The highest BCUT2D eigenvalue weighted by molar-refractivity contribution is 6.06. The van der Waals surface area contributed by atoms with Crippen LogP contribution in [0.15, 0.2) is 47.1 Å². The van der Waals surface area contributed by atoms with Crippen LogP contribution in [0.4, 0.5) is 0 Å². The first-order chi connectivity index (χ1) is 11.9. The summed E-state index contributed by atoms with van der Waals surface area (Å²) in [6.45, 7) is 7.89. The third-order valence-electron chi connectivity index (χ3n) is 5.04. The fraction of sp³-hybridized carbons (Fsp3) is 0.450. The molecule has 2 aliphatic rings. The zero-order valence-corrected chi connectivity index (χ0v) is 15.2. The summed E-state index contributed by atoms with van der Waals surface area (Å²) in [5, 5.41) is 3.30. The first kappa shape index (κ1) is 17.4. The van der Waals surface area contributed by atoms with Crippen LogP contribution in [0.2, 0.25) is 0 Å². The molecule has 0 saturated heterocycles. The Balaban J connectivity index is 2.18. The van der Waals surface area contributed by atoms with Gasteiger partial charge in [-0.1, -0.05) is 13.8 Å². The van der Waals surface area contributed by atoms with Gasteiger partial charge >= 0.3 is 5.97 Å². The molecule has 1 unspecified atom stereocenters. The minimum Gasteiger partial charge on any atom is -0.463 e. The Morgan fingerprint density at radius 2 is 2.04 bits per heavy atom. The fourth-order valence-electron chi connectivity index (χ4n) is 3.65. The summed E-state index contributed by atoms with van der Waals surface area (Å²) in [5.74, 6) is -0.695. The SMILES string of the molecule is CCOC(=O)C1=C(C)NC2=C(C(=O)C(C)(C)CC2)C1c1ccncc1. The van der Waals surface area contributed by atoms with Gasteiger partial charge in [-0.3, -0.25) is 9.78 Å². The third-order valence-corrected chi connectivity index (χ3v) is 5.04. The number of rotatable bonds is 3. The molecule has 0 aromatic carbocycles. The quantitative estimate of drug-likeness (QED) is 0.856. The number of pyridine rings is 1. The van der Waals surface area contributed by atoms with Gasteiger partial charge in [0.1, 0.15) is 0 Å². The van der Waals surface area contributed by atoms with Gasteiger partial charge in [0.2, 0.25) is 0 Å². The van der Waals surface area contributed by atoms with E-state index in [2.05, 4.69) is 10.3 Å². The van der Waals surface area contributed by atoms with Crippen LogP contribution in [0, 0.1) is 5.41 Å². The van der Waals surface area contributed by atoms with Crippen LogP contribution in [0.25, 0.3) is 0 Å². The maximum atomic E-state index is 13.2. The fourth-order valence-corrected chi connectivity index (χ4v) is 3.65. The van der Waals surface area contributed by atoms with Gasteiger partial charge < -0.3 is 10.1 Å². The molecule has 0 bridgehead atoms. The largest absolute Gasteiger partial charge is 0.463 e. The Hall–Kier alpha value is -2.43. The molecule has 1 aliphatic heterocycles. The summed E-state index contributed by atoms with van der Waals surface area (Å²) in [4.78, 5) is 29.9. The first-order valence-electron chi connectivity index (χ1n) is 8.69. The molecule has 3 rings (SSSR count). The minimum atomic E-state index is -0.434. The molecular formula is C20H24N2O3. The predicted molar refractivity (Wildman–Crippen MR) is 94.5 cm³/mol. The summed E-state index contributed by atoms with van der Waals surface area (Å²) in [7, 11) is 0. The van der Waals surface area contributed by atoms with E-state index in [0.29, 0.717) is 17.8 Å². The van der Waals surface area contributed by atoms with E-state index in [1.807, 2.05) is 32.9 Å². The second-order valence-corrected chi connectivity index (χ2v) is 7.20. The summed E-state index contributed by atoms with van der Waals surface area (Å²) in [6, 6.07) is 3.73. The van der Waals surface area contributed by atoms with E-state index in [9.17, 15) is 9.59 Å². The van der Waals surface area contributed by atoms with E-state index in [1.54, 1.807) is 19.3 Å². The topological polar surface area (TPSA) is 68.3 Å². The monoisotopic (exact) mass is 340 g/mol. The molecule has 25 heavy (non-hydrogen) atoms. The third kappa shape index (κ3) is 2.99. The summed E-state index contributed by atoms with van der Waals surface area (Å²) >= 11 is 0. The number of hydrogen-bond donors (Lipinski definition) is 1. The van der Waals surface area contributed by atoms with E-state index in [4.69, 9.17) is 4.74 Å². The van der Waals surface area contributed by atoms with Crippen molar-refractivity contribution in [1.29, 1.82) is 0 Å². The molecular weight excluding hydrogens is 316 g/mol. The van der Waals surface area contributed by atoms with E-state index in [0.717, 1.165) is 29.8 Å². The highest BCUT2D eigenvalue weighted by atomic mass is 16.5. The van der Waals surface area contributed by atoms with Gasteiger partial charge in [-0.15, -0.1) is 0 Å². The molecule has 1 aliphatic carbocycles. The normalized spacial score (nSPS) is 22.4. The van der Waals surface area contributed by atoms with Crippen molar-refractivity contribution in [2.75, 3.05) is 6.61 Å². The van der Waals surface area contributed by atoms with Crippen LogP contribution < -0.4 is 5.32 Å². The van der Waals surface area contributed by atoms with Crippen molar-refractivity contribution in [2.24, 2.45) is 5.41 Å². The summed E-state index contributed by atoms with van der Waals surface area (Å²) in [5.41, 5.74) is 3.34. The average molecular weight is 340 g/mol. The number of dihydropyridines is 1. The first-order valence-corrected chi connectivity index (χ1v) is 8.69. The summed E-state index contributed by atoms with van der Waals surface area (Å²) < 4.78 is 5.28. The summed E-state index contributed by atoms with van der Waals surface area (Å²) in [6.07, 6.45) is 4.97. The molecule has 1 aromatic rings.